The molecule has 3 heteroatoms. The first-order valence-electron chi connectivity index (χ1n) is 2.24. The van der Waals surface area contributed by atoms with Crippen molar-refractivity contribution < 1.29 is 31.3 Å². The van der Waals surface area contributed by atoms with E-state index in [-0.39, 0.29) is 32.0 Å². The Labute approximate surface area is 81.3 Å². The van der Waals surface area contributed by atoms with Crippen LogP contribution in [0.1, 0.15) is 0 Å². The van der Waals surface area contributed by atoms with Gasteiger partial charge in [-0.15, -0.1) is 0 Å². The maximum Gasteiger partial charge on any atom is 0.129 e. The number of halogens is 1. The van der Waals surface area contributed by atoms with Gasteiger partial charge in [0.15, 0.2) is 0 Å². The molecule has 46 valence electrons. The summed E-state index contributed by atoms with van der Waals surface area (Å²) in [5.74, 6) is 0.285. The molecule has 0 radical (unpaired) electrons. The van der Waals surface area contributed by atoms with E-state index < -0.39 is 0 Å². The summed E-state index contributed by atoms with van der Waals surface area (Å²) in [7, 11) is 0. The standard InChI is InChI=1S/C6H5BrO.Zr/c7-5-3-1-2-4-6(5)8;/h1-4,8H;. The van der Waals surface area contributed by atoms with Crippen LogP contribution in [0.4, 0.5) is 0 Å². The summed E-state index contributed by atoms with van der Waals surface area (Å²) in [6, 6.07) is 7.04. The molecule has 1 nitrogen and oxygen atoms in total. The fourth-order valence-electron chi connectivity index (χ4n) is 0.452. The molecule has 0 spiro atoms. The second-order valence-corrected chi connectivity index (χ2v) is 2.31. The maximum absolute atomic E-state index is 8.87. The summed E-state index contributed by atoms with van der Waals surface area (Å²) < 4.78 is 0.736. The third-order valence-corrected chi connectivity index (χ3v) is 1.52. The van der Waals surface area contributed by atoms with Crippen molar-refractivity contribution in [3.05, 3.63) is 28.7 Å². The average Bonchev–Trinajstić information content (AvgIpc) is 1.77. The molecule has 0 saturated heterocycles. The molecule has 0 amide bonds. The first-order chi connectivity index (χ1) is 3.80. The van der Waals surface area contributed by atoms with Crippen LogP contribution in [0.5, 0.6) is 5.75 Å². The molecule has 9 heavy (non-hydrogen) atoms. The van der Waals surface area contributed by atoms with Gasteiger partial charge in [-0.1, -0.05) is 12.1 Å². The van der Waals surface area contributed by atoms with Crippen molar-refractivity contribution in [2.75, 3.05) is 0 Å². The van der Waals surface area contributed by atoms with E-state index in [0.717, 1.165) is 4.47 Å². The minimum Gasteiger partial charge on any atom is -0.507 e. The Bertz CT molecular complexity index is 169. The van der Waals surface area contributed by atoms with E-state index in [9.17, 15) is 0 Å². The molecule has 0 saturated carbocycles. The third kappa shape index (κ3) is 2.64. The zero-order valence-corrected chi connectivity index (χ0v) is 8.68. The molecule has 0 aliphatic rings. The van der Waals surface area contributed by atoms with Crippen molar-refractivity contribution in [1.29, 1.82) is 0 Å². The van der Waals surface area contributed by atoms with E-state index in [0.29, 0.717) is 0 Å². The molecule has 0 heterocycles. The summed E-state index contributed by atoms with van der Waals surface area (Å²) >= 11 is 3.15. The zero-order valence-electron chi connectivity index (χ0n) is 4.63. The van der Waals surface area contributed by atoms with Gasteiger partial charge in [0, 0.05) is 26.2 Å². The fourth-order valence-corrected chi connectivity index (χ4v) is 0.737. The van der Waals surface area contributed by atoms with E-state index in [1.165, 1.54) is 0 Å². The van der Waals surface area contributed by atoms with Gasteiger partial charge in [-0.3, -0.25) is 0 Å². The van der Waals surface area contributed by atoms with Crippen molar-refractivity contribution in [3.8, 4) is 5.75 Å². The predicted octanol–water partition coefficient (Wildman–Crippen LogP) is 2.15. The van der Waals surface area contributed by atoms with Crippen molar-refractivity contribution in [2.45, 2.75) is 0 Å². The van der Waals surface area contributed by atoms with Crippen LogP contribution in [0.3, 0.4) is 0 Å². The van der Waals surface area contributed by atoms with E-state index >= 15 is 0 Å². The Morgan fingerprint density at radius 3 is 2.11 bits per heavy atom. The minimum absolute atomic E-state index is 0. The van der Waals surface area contributed by atoms with Gasteiger partial charge >= 0.3 is 0 Å². The summed E-state index contributed by atoms with van der Waals surface area (Å²) in [6.07, 6.45) is 0. The van der Waals surface area contributed by atoms with Gasteiger partial charge in [-0.05, 0) is 28.1 Å². The van der Waals surface area contributed by atoms with Crippen molar-refractivity contribution in [3.63, 3.8) is 0 Å². The molecule has 0 aliphatic heterocycles. The Hall–Kier alpha value is 0.383. The number of para-hydroxylation sites is 1. The molecule has 0 bridgehead atoms. The minimum atomic E-state index is 0. The maximum atomic E-state index is 8.87. The molecule has 1 aromatic carbocycles. The second-order valence-electron chi connectivity index (χ2n) is 1.45. The molecule has 0 unspecified atom stereocenters. The molecule has 1 N–H and O–H groups in total. The van der Waals surface area contributed by atoms with Crippen LogP contribution in [-0.4, -0.2) is 5.11 Å². The number of hydrogen-bond acceptors (Lipinski definition) is 1. The monoisotopic (exact) mass is 262 g/mol. The third-order valence-electron chi connectivity index (χ3n) is 0.852. The quantitative estimate of drug-likeness (QED) is 0.761. The van der Waals surface area contributed by atoms with Crippen molar-refractivity contribution in [2.24, 2.45) is 0 Å². The van der Waals surface area contributed by atoms with Crippen molar-refractivity contribution in [1.82, 2.24) is 0 Å². The van der Waals surface area contributed by atoms with Crippen LogP contribution < -0.4 is 0 Å². The van der Waals surface area contributed by atoms with Gasteiger partial charge in [0.2, 0.25) is 0 Å². The van der Waals surface area contributed by atoms with Gasteiger partial charge in [-0.2, -0.15) is 0 Å². The van der Waals surface area contributed by atoms with Crippen LogP contribution >= 0.6 is 15.9 Å². The molecular weight excluding hydrogens is 259 g/mol. The molecule has 0 fully saturated rings. The number of aromatic hydroxyl groups is 1. The van der Waals surface area contributed by atoms with Gasteiger partial charge in [0.25, 0.3) is 0 Å². The molecule has 0 aromatic heterocycles. The van der Waals surface area contributed by atoms with Gasteiger partial charge in [-0.25, -0.2) is 0 Å². The number of phenols is 1. The van der Waals surface area contributed by atoms with E-state index in [1.54, 1.807) is 18.2 Å². The van der Waals surface area contributed by atoms with Crippen LogP contribution in [0.15, 0.2) is 28.7 Å². The fraction of sp³-hybridized carbons (Fsp3) is 0. The largest absolute Gasteiger partial charge is 0.507 e. The average molecular weight is 264 g/mol. The predicted molar refractivity (Wildman–Crippen MR) is 35.8 cm³/mol. The Balaban J connectivity index is 0.000000640. The van der Waals surface area contributed by atoms with E-state index in [4.69, 9.17) is 5.11 Å². The van der Waals surface area contributed by atoms with Crippen LogP contribution in [-0.2, 0) is 26.2 Å². The molecular formula is C6H5BrOZr. The van der Waals surface area contributed by atoms with Crippen LogP contribution in [0.25, 0.3) is 0 Å². The van der Waals surface area contributed by atoms with Gasteiger partial charge < -0.3 is 5.11 Å². The first-order valence-corrected chi connectivity index (χ1v) is 3.03. The Kier molecular flexibility index (Phi) is 4.42. The van der Waals surface area contributed by atoms with Gasteiger partial charge in [0.05, 0.1) is 4.47 Å². The smallest absolute Gasteiger partial charge is 0.129 e. The van der Waals surface area contributed by atoms with Crippen LogP contribution in [0.2, 0.25) is 0 Å². The normalized spacial score (nSPS) is 8.11. The summed E-state index contributed by atoms with van der Waals surface area (Å²) in [5, 5.41) is 8.87. The summed E-state index contributed by atoms with van der Waals surface area (Å²) in [5.41, 5.74) is 0. The van der Waals surface area contributed by atoms with E-state index in [1.807, 2.05) is 6.07 Å². The Morgan fingerprint density at radius 2 is 1.78 bits per heavy atom. The molecule has 1 rings (SSSR count). The number of hydrogen-bond donors (Lipinski definition) is 1. The summed E-state index contributed by atoms with van der Waals surface area (Å²) in [4.78, 5) is 0. The van der Waals surface area contributed by atoms with E-state index in [2.05, 4.69) is 15.9 Å². The number of rotatable bonds is 0. The summed E-state index contributed by atoms with van der Waals surface area (Å²) in [6.45, 7) is 0. The zero-order chi connectivity index (χ0) is 5.98. The molecule has 0 atom stereocenters. The molecule has 1 aromatic rings. The second kappa shape index (κ2) is 4.24. The number of phenolic OH excluding ortho intramolecular Hbond substituents is 1. The number of benzene rings is 1. The SMILES string of the molecule is Oc1ccccc1Br.[Zr]. The first kappa shape index (κ1) is 9.38. The van der Waals surface area contributed by atoms with Crippen LogP contribution in [0, 0.1) is 0 Å². The van der Waals surface area contributed by atoms with Gasteiger partial charge in [0.1, 0.15) is 5.75 Å². The Morgan fingerprint density at radius 1 is 1.22 bits per heavy atom. The van der Waals surface area contributed by atoms with Crippen molar-refractivity contribution >= 4 is 15.9 Å². The molecule has 0 aliphatic carbocycles. The topological polar surface area (TPSA) is 20.2 Å².